The molecule has 9 heteroatoms. The van der Waals surface area contributed by atoms with Crippen LogP contribution in [0.3, 0.4) is 0 Å². The Bertz CT molecular complexity index is 1200. The number of benzene rings is 1. The molecule has 1 fully saturated rings. The highest BCUT2D eigenvalue weighted by atomic mass is 32.2. The third-order valence-electron chi connectivity index (χ3n) is 5.46. The monoisotopic (exact) mass is 427 g/mol. The lowest BCUT2D eigenvalue weighted by molar-refractivity contribution is 0.362. The smallest absolute Gasteiger partial charge is 0.332 e. The summed E-state index contributed by atoms with van der Waals surface area (Å²) in [5, 5.41) is 0.973. The van der Waals surface area contributed by atoms with E-state index in [1.807, 2.05) is 24.3 Å². The van der Waals surface area contributed by atoms with Crippen molar-refractivity contribution in [1.82, 2.24) is 24.0 Å². The molecule has 0 radical (unpaired) electrons. The highest BCUT2D eigenvalue weighted by molar-refractivity contribution is 7.99. The van der Waals surface area contributed by atoms with Crippen LogP contribution in [-0.4, -0.2) is 56.5 Å². The van der Waals surface area contributed by atoms with Crippen molar-refractivity contribution in [2.75, 3.05) is 32.5 Å². The van der Waals surface area contributed by atoms with Gasteiger partial charge in [-0.1, -0.05) is 12.1 Å². The fourth-order valence-corrected chi connectivity index (χ4v) is 4.78. The standard InChI is InChI=1S/C21H25N5O3S/c1-24-18-16(20(27)25(2)21(24)28)19(30-13-12-26-10-6-7-11-26)23-17(22-18)14-8-4-5-9-15(14)29-3/h4-5,8-9H,6-7,10-13H2,1-3H3. The van der Waals surface area contributed by atoms with E-state index in [0.717, 1.165) is 35.5 Å². The molecule has 3 aromatic rings. The number of hydrogen-bond acceptors (Lipinski definition) is 7. The van der Waals surface area contributed by atoms with Crippen molar-refractivity contribution in [1.29, 1.82) is 0 Å². The van der Waals surface area contributed by atoms with Crippen LogP contribution in [0, 0.1) is 0 Å². The minimum Gasteiger partial charge on any atom is -0.496 e. The second-order valence-corrected chi connectivity index (χ2v) is 8.44. The molecule has 0 N–H and O–H groups in total. The first-order valence-corrected chi connectivity index (χ1v) is 11.0. The topological polar surface area (TPSA) is 82.3 Å². The van der Waals surface area contributed by atoms with Crippen molar-refractivity contribution < 1.29 is 4.74 Å². The first-order valence-electron chi connectivity index (χ1n) is 9.97. The molecule has 0 unspecified atom stereocenters. The minimum absolute atomic E-state index is 0.336. The first kappa shape index (κ1) is 20.6. The summed E-state index contributed by atoms with van der Waals surface area (Å²) < 4.78 is 7.98. The van der Waals surface area contributed by atoms with E-state index in [2.05, 4.69) is 9.88 Å². The van der Waals surface area contributed by atoms with Gasteiger partial charge in [0.25, 0.3) is 5.56 Å². The number of rotatable bonds is 6. The Morgan fingerprint density at radius 1 is 1.07 bits per heavy atom. The molecule has 0 spiro atoms. The Labute approximate surface area is 178 Å². The van der Waals surface area contributed by atoms with Gasteiger partial charge in [-0.3, -0.25) is 13.9 Å². The number of para-hydroxylation sites is 1. The Morgan fingerprint density at radius 2 is 1.80 bits per heavy atom. The molecule has 1 aliphatic heterocycles. The zero-order chi connectivity index (χ0) is 21.3. The van der Waals surface area contributed by atoms with Crippen molar-refractivity contribution in [3.05, 3.63) is 45.1 Å². The maximum Gasteiger partial charge on any atom is 0.332 e. The van der Waals surface area contributed by atoms with E-state index in [4.69, 9.17) is 9.72 Å². The van der Waals surface area contributed by atoms with Crippen molar-refractivity contribution in [3.8, 4) is 17.1 Å². The van der Waals surface area contributed by atoms with E-state index in [9.17, 15) is 9.59 Å². The van der Waals surface area contributed by atoms with Gasteiger partial charge in [0.05, 0.1) is 12.7 Å². The van der Waals surface area contributed by atoms with Crippen LogP contribution in [0.15, 0.2) is 38.9 Å². The number of fused-ring (bicyclic) bond motifs is 1. The Kier molecular flexibility index (Phi) is 5.92. The number of aryl methyl sites for hydroxylation is 1. The van der Waals surface area contributed by atoms with Crippen LogP contribution in [0.1, 0.15) is 12.8 Å². The molecule has 1 aromatic carbocycles. The third kappa shape index (κ3) is 3.75. The molecule has 0 atom stereocenters. The summed E-state index contributed by atoms with van der Waals surface area (Å²) in [6.07, 6.45) is 2.48. The van der Waals surface area contributed by atoms with Crippen molar-refractivity contribution in [2.45, 2.75) is 17.9 Å². The van der Waals surface area contributed by atoms with E-state index < -0.39 is 5.69 Å². The van der Waals surface area contributed by atoms with Gasteiger partial charge in [-0.05, 0) is 38.1 Å². The van der Waals surface area contributed by atoms with Gasteiger partial charge < -0.3 is 9.64 Å². The molecule has 4 rings (SSSR count). The molecule has 1 aliphatic rings. The lowest BCUT2D eigenvalue weighted by Gasteiger charge is -2.15. The summed E-state index contributed by atoms with van der Waals surface area (Å²) in [5.41, 5.74) is 0.271. The summed E-state index contributed by atoms with van der Waals surface area (Å²) in [6, 6.07) is 7.47. The average Bonchev–Trinajstić information content (AvgIpc) is 3.29. The highest BCUT2D eigenvalue weighted by Gasteiger charge is 2.20. The van der Waals surface area contributed by atoms with Crippen molar-refractivity contribution >= 4 is 22.8 Å². The molecular formula is C21H25N5O3S. The molecule has 0 amide bonds. The normalized spacial score (nSPS) is 14.5. The van der Waals surface area contributed by atoms with Crippen LogP contribution in [0.4, 0.5) is 0 Å². The van der Waals surface area contributed by atoms with Gasteiger partial charge in [-0.2, -0.15) is 0 Å². The van der Waals surface area contributed by atoms with Gasteiger partial charge in [-0.25, -0.2) is 14.8 Å². The SMILES string of the molecule is COc1ccccc1-c1nc(SCCN2CCCC2)c2c(=O)n(C)c(=O)n(C)c2n1. The molecule has 0 bridgehead atoms. The van der Waals surface area contributed by atoms with Gasteiger partial charge in [0.15, 0.2) is 11.5 Å². The van der Waals surface area contributed by atoms with Crippen LogP contribution < -0.4 is 16.0 Å². The highest BCUT2D eigenvalue weighted by Crippen LogP contribution is 2.31. The van der Waals surface area contributed by atoms with E-state index in [-0.39, 0.29) is 5.56 Å². The number of hydrogen-bond donors (Lipinski definition) is 0. The molecule has 0 saturated carbocycles. The van der Waals surface area contributed by atoms with Gasteiger partial charge in [0, 0.05) is 26.4 Å². The number of methoxy groups -OCH3 is 1. The number of thioether (sulfide) groups is 1. The zero-order valence-corrected chi connectivity index (χ0v) is 18.2. The maximum atomic E-state index is 12.9. The zero-order valence-electron chi connectivity index (χ0n) is 17.4. The summed E-state index contributed by atoms with van der Waals surface area (Å²) in [6.45, 7) is 3.17. The number of nitrogens with zero attached hydrogens (tertiary/aromatic N) is 5. The Balaban J connectivity index is 1.85. The fourth-order valence-electron chi connectivity index (χ4n) is 3.76. The van der Waals surface area contributed by atoms with Crippen LogP contribution in [0.25, 0.3) is 22.4 Å². The van der Waals surface area contributed by atoms with E-state index in [0.29, 0.717) is 27.6 Å². The first-order chi connectivity index (χ1) is 14.5. The predicted octanol–water partition coefficient (Wildman–Crippen LogP) is 1.89. The quantitative estimate of drug-likeness (QED) is 0.439. The van der Waals surface area contributed by atoms with Gasteiger partial charge in [0.1, 0.15) is 16.2 Å². The van der Waals surface area contributed by atoms with Gasteiger partial charge >= 0.3 is 5.69 Å². The van der Waals surface area contributed by atoms with Crippen LogP contribution >= 0.6 is 11.8 Å². The number of ether oxygens (including phenoxy) is 1. The van der Waals surface area contributed by atoms with Crippen molar-refractivity contribution in [3.63, 3.8) is 0 Å². The summed E-state index contributed by atoms with van der Waals surface area (Å²) in [4.78, 5) is 37.2. The van der Waals surface area contributed by atoms with Crippen LogP contribution in [-0.2, 0) is 14.1 Å². The second-order valence-electron chi connectivity index (χ2n) is 7.35. The molecule has 1 saturated heterocycles. The van der Waals surface area contributed by atoms with Gasteiger partial charge in [0.2, 0.25) is 0 Å². The van der Waals surface area contributed by atoms with E-state index in [1.54, 1.807) is 14.2 Å². The number of aromatic nitrogens is 4. The average molecular weight is 428 g/mol. The molecule has 8 nitrogen and oxygen atoms in total. The van der Waals surface area contributed by atoms with E-state index in [1.165, 1.54) is 36.2 Å². The Hall–Kier alpha value is -2.65. The van der Waals surface area contributed by atoms with Crippen molar-refractivity contribution in [2.24, 2.45) is 14.1 Å². The molecule has 2 aromatic heterocycles. The van der Waals surface area contributed by atoms with E-state index >= 15 is 0 Å². The predicted molar refractivity (Wildman–Crippen MR) is 118 cm³/mol. The summed E-state index contributed by atoms with van der Waals surface area (Å²) in [5.74, 6) is 1.88. The largest absolute Gasteiger partial charge is 0.496 e. The van der Waals surface area contributed by atoms with Gasteiger partial charge in [-0.15, -0.1) is 11.8 Å². The minimum atomic E-state index is -0.412. The molecule has 0 aliphatic carbocycles. The Morgan fingerprint density at radius 3 is 2.53 bits per heavy atom. The lowest BCUT2D eigenvalue weighted by atomic mass is 10.2. The van der Waals surface area contributed by atoms with Crippen LogP contribution in [0.2, 0.25) is 0 Å². The lowest BCUT2D eigenvalue weighted by Crippen LogP contribution is -2.37. The van der Waals surface area contributed by atoms with Crippen LogP contribution in [0.5, 0.6) is 5.75 Å². The summed E-state index contributed by atoms with van der Waals surface area (Å²) >= 11 is 1.53. The molecule has 158 valence electrons. The third-order valence-corrected chi connectivity index (χ3v) is 6.42. The molecule has 30 heavy (non-hydrogen) atoms. The summed E-state index contributed by atoms with van der Waals surface area (Å²) in [7, 11) is 4.70. The molecular weight excluding hydrogens is 402 g/mol. The molecule has 3 heterocycles. The fraction of sp³-hybridized carbons (Fsp3) is 0.429. The maximum absolute atomic E-state index is 12.9. The number of likely N-dealkylation sites (tertiary alicyclic amines) is 1. The second kappa shape index (κ2) is 8.61.